The zero-order chi connectivity index (χ0) is 17.3. The van der Waals surface area contributed by atoms with Gasteiger partial charge >= 0.3 is 0 Å². The van der Waals surface area contributed by atoms with E-state index in [1.807, 2.05) is 0 Å². The average molecular weight is 328 g/mol. The number of hydrogen-bond acceptors (Lipinski definition) is 2. The summed E-state index contributed by atoms with van der Waals surface area (Å²) in [6.45, 7) is 4.40. The van der Waals surface area contributed by atoms with Crippen LogP contribution in [0.25, 0.3) is 0 Å². The van der Waals surface area contributed by atoms with E-state index in [1.54, 1.807) is 12.1 Å². The number of phenols is 1. The summed E-state index contributed by atoms with van der Waals surface area (Å²) < 4.78 is 14.0. The minimum absolute atomic E-state index is 0.246. The highest BCUT2D eigenvalue weighted by molar-refractivity contribution is 5.42. The molecule has 4 rings (SSSR count). The number of aliphatic hydroxyl groups is 1. The molecule has 0 saturated heterocycles. The largest absolute Gasteiger partial charge is 0.505 e. The predicted octanol–water partition coefficient (Wildman–Crippen LogP) is 4.00. The van der Waals surface area contributed by atoms with Crippen LogP contribution in [0.2, 0.25) is 0 Å². The zero-order valence-electron chi connectivity index (χ0n) is 14.3. The topological polar surface area (TPSA) is 40.5 Å². The van der Waals surface area contributed by atoms with Crippen LogP contribution in [-0.2, 0) is 6.42 Å². The number of terminal acetylenes is 1. The molecule has 2 saturated carbocycles. The predicted molar refractivity (Wildman–Crippen MR) is 91.0 cm³/mol. The summed E-state index contributed by atoms with van der Waals surface area (Å²) in [5.74, 6) is 3.45. The highest BCUT2D eigenvalue weighted by Crippen LogP contribution is 2.65. The van der Waals surface area contributed by atoms with Gasteiger partial charge in [-0.3, -0.25) is 0 Å². The van der Waals surface area contributed by atoms with Gasteiger partial charge in [0.1, 0.15) is 5.60 Å². The number of hydrogen-bond donors (Lipinski definition) is 2. The molecule has 24 heavy (non-hydrogen) atoms. The van der Waals surface area contributed by atoms with E-state index >= 15 is 0 Å². The van der Waals surface area contributed by atoms with Gasteiger partial charge in [0.05, 0.1) is 0 Å². The molecule has 0 aromatic heterocycles. The van der Waals surface area contributed by atoms with E-state index in [2.05, 4.69) is 19.8 Å². The summed E-state index contributed by atoms with van der Waals surface area (Å²) in [6.07, 6.45) is 9.95. The van der Waals surface area contributed by atoms with Crippen molar-refractivity contribution in [2.75, 3.05) is 0 Å². The Balaban J connectivity index is 1.78. The van der Waals surface area contributed by atoms with Gasteiger partial charge in [-0.2, -0.15) is 0 Å². The first-order valence-corrected chi connectivity index (χ1v) is 9.02. The van der Waals surface area contributed by atoms with Gasteiger partial charge in [0.15, 0.2) is 11.6 Å². The third kappa shape index (κ3) is 1.87. The van der Waals surface area contributed by atoms with E-state index in [0.717, 1.165) is 36.8 Å². The minimum atomic E-state index is -1.01. The van der Waals surface area contributed by atoms with Crippen molar-refractivity contribution in [1.82, 2.24) is 0 Å². The Bertz CT molecular complexity index is 736. The van der Waals surface area contributed by atoms with Crippen LogP contribution < -0.4 is 0 Å². The maximum atomic E-state index is 14.0. The molecule has 0 spiro atoms. The molecular formula is C21H25FO2. The van der Waals surface area contributed by atoms with E-state index in [-0.39, 0.29) is 11.2 Å². The molecule has 0 radical (unpaired) electrons. The van der Waals surface area contributed by atoms with Crippen LogP contribution in [0.4, 0.5) is 4.39 Å². The Labute approximate surface area is 143 Å². The Morgan fingerprint density at radius 1 is 1.29 bits per heavy atom. The van der Waals surface area contributed by atoms with Crippen LogP contribution in [-0.4, -0.2) is 15.8 Å². The van der Waals surface area contributed by atoms with Gasteiger partial charge in [-0.1, -0.05) is 19.8 Å². The molecule has 0 bridgehead atoms. The molecule has 3 aliphatic rings. The molecule has 3 heteroatoms. The molecule has 128 valence electrons. The lowest BCUT2D eigenvalue weighted by Crippen LogP contribution is -2.51. The molecule has 1 aromatic carbocycles. The first-order valence-electron chi connectivity index (χ1n) is 9.02. The molecule has 2 N–H and O–H groups in total. The number of halogens is 1. The maximum absolute atomic E-state index is 14.0. The smallest absolute Gasteiger partial charge is 0.165 e. The van der Waals surface area contributed by atoms with Crippen LogP contribution in [0, 0.1) is 41.3 Å². The Morgan fingerprint density at radius 3 is 2.75 bits per heavy atom. The quantitative estimate of drug-likeness (QED) is 0.707. The van der Waals surface area contributed by atoms with Crippen molar-refractivity contribution >= 4 is 0 Å². The summed E-state index contributed by atoms with van der Waals surface area (Å²) in [5.41, 5.74) is 0.885. The second kappa shape index (κ2) is 4.99. The van der Waals surface area contributed by atoms with Gasteiger partial charge in [0.25, 0.3) is 0 Å². The van der Waals surface area contributed by atoms with Crippen LogP contribution in [0.3, 0.4) is 0 Å². The number of rotatable bonds is 0. The molecule has 0 amide bonds. The number of aromatic hydroxyl groups is 1. The highest BCUT2D eigenvalue weighted by atomic mass is 19.1. The van der Waals surface area contributed by atoms with E-state index in [9.17, 15) is 14.6 Å². The summed E-state index contributed by atoms with van der Waals surface area (Å²) in [4.78, 5) is 0. The molecular weight excluding hydrogens is 303 g/mol. The van der Waals surface area contributed by atoms with Gasteiger partial charge in [0.2, 0.25) is 0 Å². The van der Waals surface area contributed by atoms with Gasteiger partial charge in [0, 0.05) is 5.41 Å². The molecule has 2 nitrogen and oxygen atoms in total. The second-order valence-electron chi connectivity index (χ2n) is 8.47. The van der Waals surface area contributed by atoms with Crippen LogP contribution >= 0.6 is 0 Å². The fourth-order valence-electron chi connectivity index (χ4n) is 6.23. The highest BCUT2D eigenvalue weighted by Gasteiger charge is 2.62. The van der Waals surface area contributed by atoms with Crippen molar-refractivity contribution in [1.29, 1.82) is 0 Å². The van der Waals surface area contributed by atoms with Crippen molar-refractivity contribution in [2.45, 2.75) is 57.5 Å². The molecule has 0 unspecified atom stereocenters. The van der Waals surface area contributed by atoms with Crippen LogP contribution in [0.5, 0.6) is 5.75 Å². The standard InChI is InChI=1S/C21H25FO2/c1-4-21(24)8-6-16-19-12(2)9-13-10-18(23)17(22)11-15(13)14(19)5-7-20(16,21)3/h1,10-12,14,16,19,23-24H,5-9H2,2-3H3/t12-,14-,16+,19-,20+,21+/m1/s1. The van der Waals surface area contributed by atoms with Crippen molar-refractivity contribution in [3.63, 3.8) is 0 Å². The summed E-state index contributed by atoms with van der Waals surface area (Å²) >= 11 is 0. The van der Waals surface area contributed by atoms with E-state index in [0.29, 0.717) is 30.1 Å². The average Bonchev–Trinajstić information content (AvgIpc) is 2.82. The number of fused-ring (bicyclic) bond motifs is 5. The normalized spacial score (nSPS) is 43.5. The third-order valence-electron chi connectivity index (χ3n) is 7.53. The monoisotopic (exact) mass is 328 g/mol. The van der Waals surface area contributed by atoms with Crippen molar-refractivity contribution < 1.29 is 14.6 Å². The van der Waals surface area contributed by atoms with Crippen molar-refractivity contribution in [2.24, 2.45) is 23.2 Å². The lowest BCUT2D eigenvalue weighted by Gasteiger charge is -2.54. The molecule has 0 heterocycles. The molecule has 6 atom stereocenters. The number of phenolic OH excluding ortho intramolecular Hbond substituents is 1. The summed E-state index contributed by atoms with van der Waals surface area (Å²) in [5, 5.41) is 20.7. The Hall–Kier alpha value is -1.53. The first kappa shape index (κ1) is 16.0. The van der Waals surface area contributed by atoms with Crippen molar-refractivity contribution in [3.8, 4) is 18.1 Å². The minimum Gasteiger partial charge on any atom is -0.505 e. The third-order valence-corrected chi connectivity index (χ3v) is 7.53. The lowest BCUT2D eigenvalue weighted by atomic mass is 9.51. The van der Waals surface area contributed by atoms with Gasteiger partial charge in [-0.15, -0.1) is 6.42 Å². The lowest BCUT2D eigenvalue weighted by molar-refractivity contribution is -0.0734. The fourth-order valence-corrected chi connectivity index (χ4v) is 6.23. The molecule has 3 aliphatic carbocycles. The second-order valence-corrected chi connectivity index (χ2v) is 8.47. The van der Waals surface area contributed by atoms with Gasteiger partial charge < -0.3 is 10.2 Å². The molecule has 1 aromatic rings. The number of benzene rings is 1. The summed E-state index contributed by atoms with van der Waals surface area (Å²) in [7, 11) is 0. The Morgan fingerprint density at radius 2 is 2.04 bits per heavy atom. The zero-order valence-corrected chi connectivity index (χ0v) is 14.3. The maximum Gasteiger partial charge on any atom is 0.165 e. The van der Waals surface area contributed by atoms with Gasteiger partial charge in [-0.25, -0.2) is 4.39 Å². The van der Waals surface area contributed by atoms with Crippen LogP contribution in [0.1, 0.15) is 56.6 Å². The van der Waals surface area contributed by atoms with Crippen molar-refractivity contribution in [3.05, 3.63) is 29.1 Å². The van der Waals surface area contributed by atoms with Gasteiger partial charge in [-0.05, 0) is 79.0 Å². The molecule has 2 fully saturated rings. The van der Waals surface area contributed by atoms with E-state index in [4.69, 9.17) is 6.42 Å². The Kier molecular flexibility index (Phi) is 3.32. The molecule has 0 aliphatic heterocycles. The SMILES string of the molecule is C#C[C@]1(O)CC[C@H]2[C@@H]3[C@H](C)Cc4cc(O)c(F)cc4[C@H]3CC[C@@]21C. The van der Waals surface area contributed by atoms with Crippen LogP contribution in [0.15, 0.2) is 12.1 Å². The summed E-state index contributed by atoms with van der Waals surface area (Å²) in [6, 6.07) is 3.15. The van der Waals surface area contributed by atoms with E-state index in [1.165, 1.54) is 0 Å². The van der Waals surface area contributed by atoms with E-state index < -0.39 is 11.4 Å². The first-order chi connectivity index (χ1) is 11.3. The fraction of sp³-hybridized carbons (Fsp3) is 0.619.